The lowest BCUT2D eigenvalue weighted by atomic mass is 10.0. The molecule has 124 valence electrons. The van der Waals surface area contributed by atoms with Gasteiger partial charge in [-0.1, -0.05) is 17.7 Å². The van der Waals surface area contributed by atoms with Gasteiger partial charge in [-0.2, -0.15) is 0 Å². The maximum atomic E-state index is 12.9. The Hall–Kier alpha value is -2.14. The minimum Gasteiger partial charge on any atom is -0.338 e. The van der Waals surface area contributed by atoms with Crippen LogP contribution < -0.4 is 4.90 Å². The number of amides is 2. The summed E-state index contributed by atoms with van der Waals surface area (Å²) in [5.41, 5.74) is 3.32. The second-order valence-electron chi connectivity index (χ2n) is 6.62. The molecule has 4 nitrogen and oxygen atoms in total. The van der Waals surface area contributed by atoms with Gasteiger partial charge in [0, 0.05) is 36.6 Å². The van der Waals surface area contributed by atoms with Gasteiger partial charge in [-0.3, -0.25) is 9.59 Å². The van der Waals surface area contributed by atoms with Crippen molar-refractivity contribution in [2.24, 2.45) is 5.92 Å². The normalized spacial score (nSPS) is 20.4. The van der Waals surface area contributed by atoms with Gasteiger partial charge < -0.3 is 9.80 Å². The quantitative estimate of drug-likeness (QED) is 0.843. The summed E-state index contributed by atoms with van der Waals surface area (Å²) in [5, 5.41) is 2.09. The fourth-order valence-electron chi connectivity index (χ4n) is 3.54. The molecule has 1 atom stereocenters. The summed E-state index contributed by atoms with van der Waals surface area (Å²) in [6, 6.07) is 10.0. The molecular formula is C19H20N2O2S. The number of hydrogen-bond donors (Lipinski definition) is 0. The molecule has 2 aliphatic rings. The van der Waals surface area contributed by atoms with Crippen molar-refractivity contribution in [1.29, 1.82) is 0 Å². The summed E-state index contributed by atoms with van der Waals surface area (Å²) in [7, 11) is 0. The van der Waals surface area contributed by atoms with Gasteiger partial charge in [0.15, 0.2) is 0 Å². The molecule has 0 spiro atoms. The smallest absolute Gasteiger partial charge is 0.228 e. The molecule has 2 aliphatic heterocycles. The molecule has 0 aliphatic carbocycles. The largest absolute Gasteiger partial charge is 0.338 e. The number of rotatable bonds is 2. The molecule has 1 saturated heterocycles. The Labute approximate surface area is 145 Å². The summed E-state index contributed by atoms with van der Waals surface area (Å²) >= 11 is 1.77. The lowest BCUT2D eigenvalue weighted by Gasteiger charge is -2.29. The van der Waals surface area contributed by atoms with Crippen molar-refractivity contribution < 1.29 is 9.59 Å². The van der Waals surface area contributed by atoms with E-state index in [1.807, 2.05) is 36.1 Å². The van der Waals surface area contributed by atoms with Crippen LogP contribution in [0.1, 0.15) is 22.4 Å². The monoisotopic (exact) mass is 340 g/mol. The van der Waals surface area contributed by atoms with Crippen LogP contribution in [-0.4, -0.2) is 29.8 Å². The van der Waals surface area contributed by atoms with Crippen molar-refractivity contribution in [3.8, 4) is 0 Å². The van der Waals surface area contributed by atoms with E-state index >= 15 is 0 Å². The van der Waals surface area contributed by atoms with Gasteiger partial charge in [-0.25, -0.2) is 0 Å². The Morgan fingerprint density at radius 3 is 2.79 bits per heavy atom. The van der Waals surface area contributed by atoms with E-state index < -0.39 is 0 Å². The average Bonchev–Trinajstić information content (AvgIpc) is 3.20. The average molecular weight is 340 g/mol. The first-order valence-electron chi connectivity index (χ1n) is 8.33. The lowest BCUT2D eigenvalue weighted by molar-refractivity contribution is -0.136. The second-order valence-corrected chi connectivity index (χ2v) is 7.62. The number of benzene rings is 1. The van der Waals surface area contributed by atoms with Gasteiger partial charge in [-0.05, 0) is 42.5 Å². The minimum absolute atomic E-state index is 0.0467. The Kier molecular flexibility index (Phi) is 3.88. The lowest BCUT2D eigenvalue weighted by Crippen LogP contribution is -2.40. The number of hydrogen-bond acceptors (Lipinski definition) is 3. The van der Waals surface area contributed by atoms with Crippen LogP contribution in [0.5, 0.6) is 0 Å². The van der Waals surface area contributed by atoms with E-state index in [1.165, 1.54) is 10.4 Å². The zero-order chi connectivity index (χ0) is 16.7. The predicted octanol–water partition coefficient (Wildman–Crippen LogP) is 2.99. The highest BCUT2D eigenvalue weighted by molar-refractivity contribution is 7.10. The maximum Gasteiger partial charge on any atom is 0.228 e. The fraction of sp³-hybridized carbons (Fsp3) is 0.368. The highest BCUT2D eigenvalue weighted by atomic mass is 32.1. The molecule has 0 radical (unpaired) electrons. The van der Waals surface area contributed by atoms with E-state index in [2.05, 4.69) is 11.4 Å². The number of thiophene rings is 1. The molecule has 1 unspecified atom stereocenters. The molecule has 1 fully saturated rings. The Balaban J connectivity index is 1.47. The van der Waals surface area contributed by atoms with Crippen LogP contribution in [0.15, 0.2) is 35.7 Å². The molecule has 4 rings (SSSR count). The van der Waals surface area contributed by atoms with Gasteiger partial charge in [0.2, 0.25) is 11.8 Å². The molecule has 24 heavy (non-hydrogen) atoms. The molecule has 3 heterocycles. The van der Waals surface area contributed by atoms with E-state index in [0.29, 0.717) is 19.5 Å². The molecular weight excluding hydrogens is 320 g/mol. The Bertz CT molecular complexity index is 781. The number of anilines is 1. The Morgan fingerprint density at radius 2 is 2.00 bits per heavy atom. The Morgan fingerprint density at radius 1 is 1.21 bits per heavy atom. The van der Waals surface area contributed by atoms with E-state index in [0.717, 1.165) is 24.2 Å². The highest BCUT2D eigenvalue weighted by Crippen LogP contribution is 2.29. The number of aryl methyl sites for hydroxylation is 1. The minimum atomic E-state index is -0.223. The third-order valence-electron chi connectivity index (χ3n) is 4.94. The van der Waals surface area contributed by atoms with Crippen molar-refractivity contribution in [2.75, 3.05) is 18.0 Å². The molecule has 2 amide bonds. The van der Waals surface area contributed by atoms with Crippen LogP contribution in [0.4, 0.5) is 5.69 Å². The van der Waals surface area contributed by atoms with Crippen molar-refractivity contribution in [1.82, 2.24) is 4.90 Å². The maximum absolute atomic E-state index is 12.9. The molecule has 1 aromatic heterocycles. The van der Waals surface area contributed by atoms with Crippen molar-refractivity contribution >= 4 is 28.8 Å². The zero-order valence-corrected chi connectivity index (χ0v) is 14.5. The third-order valence-corrected chi connectivity index (χ3v) is 5.96. The number of carbonyl (C=O) groups is 2. The SMILES string of the molecule is Cc1ccc(N2CC(C(=O)N3CCc4sccc4C3)CC2=O)cc1. The van der Waals surface area contributed by atoms with Gasteiger partial charge in [0.25, 0.3) is 0 Å². The van der Waals surface area contributed by atoms with E-state index in [1.54, 1.807) is 16.2 Å². The third kappa shape index (κ3) is 2.73. The van der Waals surface area contributed by atoms with Crippen LogP contribution in [0.25, 0.3) is 0 Å². The van der Waals surface area contributed by atoms with Crippen LogP contribution in [-0.2, 0) is 22.6 Å². The summed E-state index contributed by atoms with van der Waals surface area (Å²) in [6.07, 6.45) is 1.25. The number of carbonyl (C=O) groups excluding carboxylic acids is 2. The van der Waals surface area contributed by atoms with Gasteiger partial charge in [0.1, 0.15) is 0 Å². The summed E-state index contributed by atoms with van der Waals surface area (Å²) in [6.45, 7) is 3.97. The molecule has 1 aromatic carbocycles. The first-order valence-corrected chi connectivity index (χ1v) is 9.21. The van der Waals surface area contributed by atoms with Crippen molar-refractivity contribution in [3.63, 3.8) is 0 Å². The summed E-state index contributed by atoms with van der Waals surface area (Å²) in [4.78, 5) is 30.3. The van der Waals surface area contributed by atoms with E-state index in [4.69, 9.17) is 0 Å². The number of fused-ring (bicyclic) bond motifs is 1. The molecule has 0 N–H and O–H groups in total. The van der Waals surface area contributed by atoms with Gasteiger partial charge in [-0.15, -0.1) is 11.3 Å². The molecule has 5 heteroatoms. The topological polar surface area (TPSA) is 40.6 Å². The first-order chi connectivity index (χ1) is 11.6. The molecule has 2 aromatic rings. The van der Waals surface area contributed by atoms with Crippen LogP contribution in [0, 0.1) is 12.8 Å². The van der Waals surface area contributed by atoms with Crippen LogP contribution >= 0.6 is 11.3 Å². The first kappa shape index (κ1) is 15.4. The standard InChI is InChI=1S/C19H20N2O2S/c1-13-2-4-16(5-3-13)21-12-15(10-18(21)22)19(23)20-8-6-17-14(11-20)7-9-24-17/h2-5,7,9,15H,6,8,10-12H2,1H3. The highest BCUT2D eigenvalue weighted by Gasteiger charge is 2.37. The van der Waals surface area contributed by atoms with E-state index in [-0.39, 0.29) is 17.7 Å². The molecule has 0 bridgehead atoms. The fourth-order valence-corrected chi connectivity index (χ4v) is 4.43. The zero-order valence-electron chi connectivity index (χ0n) is 13.7. The van der Waals surface area contributed by atoms with Crippen LogP contribution in [0.2, 0.25) is 0 Å². The number of nitrogens with zero attached hydrogens (tertiary/aromatic N) is 2. The molecule has 0 saturated carbocycles. The van der Waals surface area contributed by atoms with Crippen molar-refractivity contribution in [3.05, 3.63) is 51.7 Å². The van der Waals surface area contributed by atoms with E-state index in [9.17, 15) is 9.59 Å². The van der Waals surface area contributed by atoms with Gasteiger partial charge in [0.05, 0.1) is 5.92 Å². The summed E-state index contributed by atoms with van der Waals surface area (Å²) < 4.78 is 0. The van der Waals surface area contributed by atoms with Gasteiger partial charge >= 0.3 is 0 Å². The summed E-state index contributed by atoms with van der Waals surface area (Å²) in [5.74, 6) is -0.0563. The van der Waals surface area contributed by atoms with Crippen LogP contribution in [0.3, 0.4) is 0 Å². The second kappa shape index (κ2) is 6.06. The van der Waals surface area contributed by atoms with Crippen molar-refractivity contribution in [2.45, 2.75) is 26.3 Å². The predicted molar refractivity (Wildman–Crippen MR) is 95.1 cm³/mol.